The third-order valence-corrected chi connectivity index (χ3v) is 4.40. The zero-order chi connectivity index (χ0) is 23.5. The fourth-order valence-corrected chi connectivity index (χ4v) is 2.75. The van der Waals surface area contributed by atoms with Gasteiger partial charge in [-0.25, -0.2) is 0 Å². The highest BCUT2D eigenvalue weighted by molar-refractivity contribution is 7.80. The van der Waals surface area contributed by atoms with E-state index in [9.17, 15) is 19.2 Å². The molecule has 0 aliphatic rings. The molecule has 0 heterocycles. The van der Waals surface area contributed by atoms with Crippen LogP contribution in [0.5, 0.6) is 0 Å². The quantitative estimate of drug-likeness (QED) is 0.286. The summed E-state index contributed by atoms with van der Waals surface area (Å²) in [4.78, 5) is 47.6. The molecule has 2 aromatic carbocycles. The Kier molecular flexibility index (Phi) is 9.30. The predicted octanol–water partition coefficient (Wildman–Crippen LogP) is 2.23. The van der Waals surface area contributed by atoms with Gasteiger partial charge in [-0.2, -0.15) is 0 Å². The van der Waals surface area contributed by atoms with E-state index in [4.69, 9.17) is 17.0 Å². The summed E-state index contributed by atoms with van der Waals surface area (Å²) in [6.45, 7) is 3.77. The van der Waals surface area contributed by atoms with Crippen molar-refractivity contribution in [2.75, 3.05) is 11.9 Å². The Morgan fingerprint density at radius 3 is 2.25 bits per heavy atom. The number of amides is 3. The van der Waals surface area contributed by atoms with Gasteiger partial charge in [-0.15, -0.1) is 0 Å². The molecule has 0 bridgehead atoms. The highest BCUT2D eigenvalue weighted by atomic mass is 32.1. The van der Waals surface area contributed by atoms with Gasteiger partial charge in [0.25, 0.3) is 11.8 Å². The van der Waals surface area contributed by atoms with E-state index in [1.165, 1.54) is 12.1 Å². The number of nitrogens with one attached hydrogen (secondary N) is 4. The summed E-state index contributed by atoms with van der Waals surface area (Å²) in [6.07, 6.45) is -0.161. The van der Waals surface area contributed by atoms with E-state index in [2.05, 4.69) is 21.5 Å². The second kappa shape index (κ2) is 12.2. The third-order valence-electron chi connectivity index (χ3n) is 4.20. The van der Waals surface area contributed by atoms with Crippen LogP contribution in [0.1, 0.15) is 46.0 Å². The smallest absolute Gasteiger partial charge is 0.306 e. The van der Waals surface area contributed by atoms with Crippen LogP contribution in [-0.2, 0) is 14.3 Å². The summed E-state index contributed by atoms with van der Waals surface area (Å²) in [7, 11) is 0. The van der Waals surface area contributed by atoms with Gasteiger partial charge in [-0.3, -0.25) is 30.0 Å². The molecule has 168 valence electrons. The Balaban J connectivity index is 1.79. The lowest BCUT2D eigenvalue weighted by Gasteiger charge is -2.11. The molecule has 0 fully saturated rings. The molecule has 10 heteroatoms. The van der Waals surface area contributed by atoms with Crippen molar-refractivity contribution in [3.8, 4) is 0 Å². The van der Waals surface area contributed by atoms with Crippen molar-refractivity contribution < 1.29 is 23.9 Å². The van der Waals surface area contributed by atoms with Gasteiger partial charge >= 0.3 is 5.97 Å². The maximum Gasteiger partial charge on any atom is 0.306 e. The Morgan fingerprint density at radius 2 is 1.59 bits per heavy atom. The lowest BCUT2D eigenvalue weighted by atomic mass is 10.1. The molecule has 0 aromatic heterocycles. The molecule has 0 saturated heterocycles. The summed E-state index contributed by atoms with van der Waals surface area (Å²) in [5.41, 5.74) is 7.04. The molecule has 0 aliphatic carbocycles. The van der Waals surface area contributed by atoms with Crippen LogP contribution in [-0.4, -0.2) is 35.4 Å². The molecule has 2 aromatic rings. The number of esters is 1. The Hall–Kier alpha value is -3.79. The van der Waals surface area contributed by atoms with E-state index in [-0.39, 0.29) is 30.5 Å². The van der Waals surface area contributed by atoms with Crippen molar-refractivity contribution in [1.29, 1.82) is 0 Å². The highest BCUT2D eigenvalue weighted by Crippen LogP contribution is 2.13. The average Bonchev–Trinajstić information content (AvgIpc) is 2.77. The summed E-state index contributed by atoms with van der Waals surface area (Å²) < 4.78 is 4.73. The largest absolute Gasteiger partial charge is 0.466 e. The van der Waals surface area contributed by atoms with E-state index >= 15 is 0 Å². The van der Waals surface area contributed by atoms with Crippen molar-refractivity contribution in [2.45, 2.75) is 26.7 Å². The molecule has 0 aliphatic heterocycles. The molecule has 9 nitrogen and oxygen atoms in total. The number of anilines is 1. The zero-order valence-corrected chi connectivity index (χ0v) is 18.5. The first kappa shape index (κ1) is 24.5. The first-order valence-electron chi connectivity index (χ1n) is 9.83. The average molecular weight is 457 g/mol. The van der Waals surface area contributed by atoms with Crippen LogP contribution in [0.25, 0.3) is 0 Å². The Labute approximate surface area is 190 Å². The maximum absolute atomic E-state index is 12.4. The van der Waals surface area contributed by atoms with Gasteiger partial charge in [0.1, 0.15) is 0 Å². The van der Waals surface area contributed by atoms with Gasteiger partial charge in [0, 0.05) is 23.2 Å². The monoisotopic (exact) mass is 456 g/mol. The van der Waals surface area contributed by atoms with Crippen molar-refractivity contribution in [3.63, 3.8) is 0 Å². The molecule has 3 amide bonds. The summed E-state index contributed by atoms with van der Waals surface area (Å²) in [5, 5.41) is 5.01. The fraction of sp³-hybridized carbons (Fsp3) is 0.227. The van der Waals surface area contributed by atoms with Crippen molar-refractivity contribution in [3.05, 3.63) is 65.2 Å². The van der Waals surface area contributed by atoms with Gasteiger partial charge in [-0.05, 0) is 62.0 Å². The molecule has 2 rings (SSSR count). The van der Waals surface area contributed by atoms with Crippen LogP contribution in [0.2, 0.25) is 0 Å². The summed E-state index contributed by atoms with van der Waals surface area (Å²) in [6, 6.07) is 13.5. The van der Waals surface area contributed by atoms with Crippen LogP contribution in [0.4, 0.5) is 5.69 Å². The Morgan fingerprint density at radius 1 is 0.906 bits per heavy atom. The lowest BCUT2D eigenvalue weighted by molar-refractivity contribution is -0.144. The van der Waals surface area contributed by atoms with Gasteiger partial charge in [0.15, 0.2) is 5.11 Å². The van der Waals surface area contributed by atoms with Gasteiger partial charge < -0.3 is 15.4 Å². The third kappa shape index (κ3) is 7.80. The molecule has 0 radical (unpaired) electrons. The summed E-state index contributed by atoms with van der Waals surface area (Å²) in [5.74, 6) is -1.71. The molecule has 0 saturated carbocycles. The second-order valence-electron chi connectivity index (χ2n) is 6.61. The van der Waals surface area contributed by atoms with Crippen LogP contribution in [0, 0.1) is 6.92 Å². The predicted molar refractivity (Wildman–Crippen MR) is 123 cm³/mol. The van der Waals surface area contributed by atoms with Crippen LogP contribution < -0.4 is 21.5 Å². The van der Waals surface area contributed by atoms with Gasteiger partial charge in [-0.1, -0.05) is 18.2 Å². The SMILES string of the molecule is CCOC(=O)CCC(=O)NC(=S)NNC(=O)c1ccc(NC(=O)c2ccccc2C)cc1. The number of hydrazine groups is 1. The molecule has 0 atom stereocenters. The number of hydrogen-bond donors (Lipinski definition) is 4. The van der Waals surface area contributed by atoms with E-state index in [0.717, 1.165) is 5.56 Å². The number of thiocarbonyl (C=S) groups is 1. The molecular weight excluding hydrogens is 432 g/mol. The minimum atomic E-state index is -0.495. The number of benzene rings is 2. The number of carbonyl (C=O) groups is 4. The minimum absolute atomic E-state index is 0.0681. The molecule has 0 unspecified atom stereocenters. The second-order valence-corrected chi connectivity index (χ2v) is 7.02. The molecule has 0 spiro atoms. The van der Waals surface area contributed by atoms with Crippen LogP contribution in [0.3, 0.4) is 0 Å². The van der Waals surface area contributed by atoms with E-state index in [1.54, 1.807) is 31.2 Å². The van der Waals surface area contributed by atoms with Crippen molar-refractivity contribution in [2.24, 2.45) is 0 Å². The number of ether oxygens (including phenoxy) is 1. The normalized spacial score (nSPS) is 9.94. The summed E-state index contributed by atoms with van der Waals surface area (Å²) >= 11 is 4.93. The van der Waals surface area contributed by atoms with E-state index in [1.807, 2.05) is 19.1 Å². The van der Waals surface area contributed by atoms with E-state index < -0.39 is 17.8 Å². The maximum atomic E-state index is 12.4. The van der Waals surface area contributed by atoms with Crippen molar-refractivity contribution in [1.82, 2.24) is 16.2 Å². The number of aryl methyl sites for hydroxylation is 1. The first-order chi connectivity index (χ1) is 15.3. The standard InChI is InChI=1S/C22H24N4O5S/c1-3-31-19(28)13-12-18(27)24-22(32)26-25-20(29)15-8-10-16(11-9-15)23-21(30)17-7-5-4-6-14(17)2/h4-11H,3,12-13H2,1-2H3,(H,23,30)(H,25,29)(H2,24,26,27,32). The van der Waals surface area contributed by atoms with Gasteiger partial charge in [0.05, 0.1) is 13.0 Å². The highest BCUT2D eigenvalue weighted by Gasteiger charge is 2.12. The van der Waals surface area contributed by atoms with Gasteiger partial charge in [0.2, 0.25) is 5.91 Å². The minimum Gasteiger partial charge on any atom is -0.466 e. The molecule has 32 heavy (non-hydrogen) atoms. The van der Waals surface area contributed by atoms with Crippen LogP contribution >= 0.6 is 12.2 Å². The topological polar surface area (TPSA) is 126 Å². The molecule has 4 N–H and O–H groups in total. The molecular formula is C22H24N4O5S. The zero-order valence-electron chi connectivity index (χ0n) is 17.7. The van der Waals surface area contributed by atoms with Crippen molar-refractivity contribution >= 4 is 46.7 Å². The number of carbonyl (C=O) groups excluding carboxylic acids is 4. The number of rotatable bonds is 7. The lowest BCUT2D eigenvalue weighted by Crippen LogP contribution is -2.48. The van der Waals surface area contributed by atoms with Crippen LogP contribution in [0.15, 0.2) is 48.5 Å². The Bertz CT molecular complexity index is 1010. The number of hydrogen-bond acceptors (Lipinski definition) is 6. The first-order valence-corrected chi connectivity index (χ1v) is 10.2. The fourth-order valence-electron chi connectivity index (χ4n) is 2.59. The van der Waals surface area contributed by atoms with E-state index in [0.29, 0.717) is 16.8 Å².